The summed E-state index contributed by atoms with van der Waals surface area (Å²) in [5.41, 5.74) is 3.32. The highest BCUT2D eigenvalue weighted by molar-refractivity contribution is 6.39. The Bertz CT molecular complexity index is 1060. The van der Waals surface area contributed by atoms with Crippen molar-refractivity contribution in [2.45, 2.75) is 20.3 Å². The molecular formula is C23H23N3O4. The van der Waals surface area contributed by atoms with Crippen LogP contribution in [0.4, 0.5) is 16.2 Å². The van der Waals surface area contributed by atoms with Gasteiger partial charge in [-0.3, -0.25) is 14.9 Å². The van der Waals surface area contributed by atoms with Crippen LogP contribution in [0.5, 0.6) is 5.75 Å². The zero-order chi connectivity index (χ0) is 21.3. The van der Waals surface area contributed by atoms with Crippen LogP contribution in [0.2, 0.25) is 0 Å². The van der Waals surface area contributed by atoms with Crippen LogP contribution in [-0.4, -0.2) is 37.5 Å². The molecule has 2 aromatic rings. The molecule has 0 unspecified atom stereocenters. The van der Waals surface area contributed by atoms with Gasteiger partial charge in [0, 0.05) is 18.8 Å². The van der Waals surface area contributed by atoms with Gasteiger partial charge in [0.25, 0.3) is 11.8 Å². The number of likely N-dealkylation sites (N-methyl/N-ethyl adjacent to an activating group) is 1. The van der Waals surface area contributed by atoms with Crippen molar-refractivity contribution < 1.29 is 19.1 Å². The summed E-state index contributed by atoms with van der Waals surface area (Å²) in [6.07, 6.45) is 2.46. The Morgan fingerprint density at radius 3 is 2.63 bits per heavy atom. The van der Waals surface area contributed by atoms with Crippen LogP contribution in [0.1, 0.15) is 25.0 Å². The lowest BCUT2D eigenvalue weighted by atomic mass is 10.0. The Balaban J connectivity index is 1.70. The molecule has 7 heteroatoms. The fourth-order valence-corrected chi connectivity index (χ4v) is 3.87. The topological polar surface area (TPSA) is 79.0 Å². The lowest BCUT2D eigenvalue weighted by Crippen LogP contribution is -2.54. The summed E-state index contributed by atoms with van der Waals surface area (Å²) in [7, 11) is 0. The van der Waals surface area contributed by atoms with Crippen molar-refractivity contribution in [3.63, 3.8) is 0 Å². The van der Waals surface area contributed by atoms with E-state index in [4.69, 9.17) is 4.74 Å². The molecule has 4 amide bonds. The SMILES string of the molecule is CCOc1ccccc1N1C(=O)NC(=O)/C(=C/c2ccc3c(c2)CCN3CC)C1=O. The molecule has 4 rings (SSSR count). The predicted molar refractivity (Wildman–Crippen MR) is 115 cm³/mol. The van der Waals surface area contributed by atoms with Gasteiger partial charge in [0.2, 0.25) is 0 Å². The number of anilines is 2. The molecule has 0 bridgehead atoms. The number of benzene rings is 2. The van der Waals surface area contributed by atoms with Crippen molar-refractivity contribution >= 4 is 35.3 Å². The number of imide groups is 2. The van der Waals surface area contributed by atoms with Crippen molar-refractivity contribution in [1.82, 2.24) is 5.32 Å². The molecule has 0 spiro atoms. The van der Waals surface area contributed by atoms with E-state index in [-0.39, 0.29) is 5.57 Å². The first-order valence-corrected chi connectivity index (χ1v) is 10.0. The molecule has 30 heavy (non-hydrogen) atoms. The van der Waals surface area contributed by atoms with Gasteiger partial charge in [0.05, 0.1) is 12.3 Å². The fourth-order valence-electron chi connectivity index (χ4n) is 3.87. The quantitative estimate of drug-likeness (QED) is 0.611. The normalized spacial score (nSPS) is 17.4. The molecule has 7 nitrogen and oxygen atoms in total. The van der Waals surface area contributed by atoms with E-state index in [9.17, 15) is 14.4 Å². The molecule has 2 heterocycles. The zero-order valence-corrected chi connectivity index (χ0v) is 17.0. The maximum atomic E-state index is 13.2. The number of para-hydroxylation sites is 2. The molecule has 1 saturated heterocycles. The van der Waals surface area contributed by atoms with E-state index in [0.717, 1.165) is 30.0 Å². The van der Waals surface area contributed by atoms with E-state index in [0.29, 0.717) is 18.0 Å². The minimum Gasteiger partial charge on any atom is -0.492 e. The van der Waals surface area contributed by atoms with Gasteiger partial charge in [-0.2, -0.15) is 0 Å². The Morgan fingerprint density at radius 1 is 1.07 bits per heavy atom. The van der Waals surface area contributed by atoms with Crippen molar-refractivity contribution in [2.75, 3.05) is 29.5 Å². The molecule has 0 atom stereocenters. The molecule has 0 saturated carbocycles. The first-order chi connectivity index (χ1) is 14.5. The number of barbiturate groups is 1. The van der Waals surface area contributed by atoms with Crippen molar-refractivity contribution in [2.24, 2.45) is 0 Å². The molecule has 2 aromatic carbocycles. The molecule has 0 aliphatic carbocycles. The number of rotatable bonds is 5. The second-order valence-electron chi connectivity index (χ2n) is 7.08. The molecule has 2 aliphatic heterocycles. The molecule has 2 aliphatic rings. The van der Waals surface area contributed by atoms with E-state index >= 15 is 0 Å². The van der Waals surface area contributed by atoms with Crippen LogP contribution in [0.15, 0.2) is 48.0 Å². The van der Waals surface area contributed by atoms with Crippen LogP contribution >= 0.6 is 0 Å². The lowest BCUT2D eigenvalue weighted by molar-refractivity contribution is -0.122. The highest BCUT2D eigenvalue weighted by Crippen LogP contribution is 2.32. The molecule has 154 valence electrons. The smallest absolute Gasteiger partial charge is 0.336 e. The van der Waals surface area contributed by atoms with Gasteiger partial charge < -0.3 is 9.64 Å². The molecule has 1 N–H and O–H groups in total. The largest absolute Gasteiger partial charge is 0.492 e. The van der Waals surface area contributed by atoms with E-state index in [1.54, 1.807) is 24.3 Å². The third-order valence-corrected chi connectivity index (χ3v) is 5.30. The van der Waals surface area contributed by atoms with E-state index < -0.39 is 17.8 Å². The van der Waals surface area contributed by atoms with Crippen molar-refractivity contribution in [3.8, 4) is 5.75 Å². The number of carbonyl (C=O) groups is 3. The second-order valence-corrected chi connectivity index (χ2v) is 7.08. The lowest BCUT2D eigenvalue weighted by Gasteiger charge is -2.27. The number of hydrogen-bond donors (Lipinski definition) is 1. The number of ether oxygens (including phenoxy) is 1. The van der Waals surface area contributed by atoms with Crippen LogP contribution < -0.4 is 19.9 Å². The van der Waals surface area contributed by atoms with Gasteiger partial charge in [-0.05, 0) is 61.7 Å². The molecular weight excluding hydrogens is 382 g/mol. The standard InChI is InChI=1S/C23H23N3O4/c1-3-25-12-11-16-13-15(9-10-18(16)25)14-17-21(27)24-23(29)26(22(17)28)19-7-5-6-8-20(19)30-4-2/h5-10,13-14H,3-4,11-12H2,1-2H3,(H,24,27,29)/b17-14-. The Morgan fingerprint density at radius 2 is 1.87 bits per heavy atom. The third kappa shape index (κ3) is 3.43. The predicted octanol–water partition coefficient (Wildman–Crippen LogP) is 3.13. The molecule has 1 fully saturated rings. The number of amides is 4. The first kappa shape index (κ1) is 19.7. The monoisotopic (exact) mass is 405 g/mol. The summed E-state index contributed by atoms with van der Waals surface area (Å²) in [6, 6.07) is 11.9. The minimum atomic E-state index is -0.790. The highest BCUT2D eigenvalue weighted by atomic mass is 16.5. The zero-order valence-electron chi connectivity index (χ0n) is 17.0. The van der Waals surface area contributed by atoms with Crippen LogP contribution in [0.25, 0.3) is 6.08 Å². The third-order valence-electron chi connectivity index (χ3n) is 5.30. The number of nitrogens with one attached hydrogen (secondary N) is 1. The average Bonchev–Trinajstić information content (AvgIpc) is 3.15. The number of fused-ring (bicyclic) bond motifs is 1. The van der Waals surface area contributed by atoms with E-state index in [1.807, 2.05) is 25.1 Å². The number of hydrogen-bond acceptors (Lipinski definition) is 5. The van der Waals surface area contributed by atoms with Crippen LogP contribution in [0, 0.1) is 0 Å². The average molecular weight is 405 g/mol. The summed E-state index contributed by atoms with van der Waals surface area (Å²) in [5, 5.41) is 2.26. The number of nitrogens with zero attached hydrogens (tertiary/aromatic N) is 2. The fraction of sp³-hybridized carbons (Fsp3) is 0.261. The Labute approximate surface area is 174 Å². The second kappa shape index (κ2) is 8.02. The van der Waals surface area contributed by atoms with Crippen LogP contribution in [-0.2, 0) is 16.0 Å². The minimum absolute atomic E-state index is 0.0915. The molecule has 0 radical (unpaired) electrons. The van der Waals surface area contributed by atoms with Gasteiger partial charge >= 0.3 is 6.03 Å². The van der Waals surface area contributed by atoms with Gasteiger partial charge in [0.15, 0.2) is 0 Å². The maximum Gasteiger partial charge on any atom is 0.336 e. The van der Waals surface area contributed by atoms with Gasteiger partial charge in [-0.15, -0.1) is 0 Å². The highest BCUT2D eigenvalue weighted by Gasteiger charge is 2.38. The summed E-state index contributed by atoms with van der Waals surface area (Å²) < 4.78 is 5.56. The van der Waals surface area contributed by atoms with Gasteiger partial charge in [0.1, 0.15) is 11.3 Å². The summed E-state index contributed by atoms with van der Waals surface area (Å²) in [6.45, 7) is 6.21. The maximum absolute atomic E-state index is 13.2. The number of carbonyl (C=O) groups excluding carboxylic acids is 3. The summed E-state index contributed by atoms with van der Waals surface area (Å²) >= 11 is 0. The van der Waals surface area contributed by atoms with Crippen molar-refractivity contribution in [3.05, 3.63) is 59.2 Å². The number of urea groups is 1. The first-order valence-electron chi connectivity index (χ1n) is 10.0. The summed E-state index contributed by atoms with van der Waals surface area (Å²) in [5.74, 6) is -0.980. The summed E-state index contributed by atoms with van der Waals surface area (Å²) in [4.78, 5) is 41.3. The molecule has 0 aromatic heterocycles. The Kier molecular flexibility index (Phi) is 5.27. The van der Waals surface area contributed by atoms with Crippen molar-refractivity contribution in [1.29, 1.82) is 0 Å². The van der Waals surface area contributed by atoms with E-state index in [2.05, 4.69) is 17.1 Å². The Hall–Kier alpha value is -3.61. The van der Waals surface area contributed by atoms with E-state index in [1.165, 1.54) is 17.3 Å². The van der Waals surface area contributed by atoms with Crippen LogP contribution in [0.3, 0.4) is 0 Å². The van der Waals surface area contributed by atoms with Gasteiger partial charge in [-0.25, -0.2) is 9.69 Å². The van der Waals surface area contributed by atoms with Gasteiger partial charge in [-0.1, -0.05) is 18.2 Å².